The van der Waals surface area contributed by atoms with Crippen molar-refractivity contribution in [3.05, 3.63) is 30.3 Å². The van der Waals surface area contributed by atoms with Crippen LogP contribution in [0.15, 0.2) is 30.3 Å². The number of rotatable bonds is 1. The molecule has 1 aromatic rings. The van der Waals surface area contributed by atoms with Gasteiger partial charge in [-0.2, -0.15) is 0 Å². The van der Waals surface area contributed by atoms with Crippen LogP contribution in [0.4, 0.5) is 10.5 Å². The monoisotopic (exact) mass is 177 g/mol. The van der Waals surface area contributed by atoms with Crippen LogP contribution in [0, 0.1) is 0 Å². The Balaban J connectivity index is 2.20. The van der Waals surface area contributed by atoms with Crippen LogP contribution in [-0.4, -0.2) is 19.5 Å². The molecule has 13 heavy (non-hydrogen) atoms. The summed E-state index contributed by atoms with van der Waals surface area (Å²) in [5.41, 5.74) is 0.816. The quantitative estimate of drug-likeness (QED) is 0.646. The highest BCUT2D eigenvalue weighted by atomic mass is 16.5. The minimum atomic E-state index is -0.238. The molecule has 1 aliphatic rings. The van der Waals surface area contributed by atoms with Crippen molar-refractivity contribution in [1.29, 1.82) is 0 Å². The van der Waals surface area contributed by atoms with Gasteiger partial charge in [0.15, 0.2) is 0 Å². The van der Waals surface area contributed by atoms with E-state index in [1.54, 1.807) is 0 Å². The Kier molecular flexibility index (Phi) is 2.14. The molecule has 0 saturated carbocycles. The first-order chi connectivity index (χ1) is 6.38. The molecule has 0 aliphatic carbocycles. The maximum Gasteiger partial charge on any atom is 0.347 e. The molecule has 1 radical (unpaired) electrons. The molecule has 2 amide bonds. The summed E-state index contributed by atoms with van der Waals surface area (Å²) in [6.07, 6.45) is 0. The molecular weight excluding hydrogens is 168 g/mol. The Morgan fingerprint density at radius 2 is 2.08 bits per heavy atom. The van der Waals surface area contributed by atoms with E-state index in [1.165, 1.54) is 4.90 Å². The molecule has 4 nitrogen and oxygen atoms in total. The standard InChI is InChI=1S/C9H9N2O2/c12-9-10-6-13-7-11(9)8-4-2-1-3-5-8/h1-5H,6-7H2. The van der Waals surface area contributed by atoms with Gasteiger partial charge in [-0.1, -0.05) is 18.2 Å². The van der Waals surface area contributed by atoms with E-state index in [0.717, 1.165) is 5.69 Å². The number of amides is 2. The number of nitrogens with zero attached hydrogens (tertiary/aromatic N) is 2. The van der Waals surface area contributed by atoms with E-state index in [1.807, 2.05) is 30.3 Å². The molecule has 0 unspecified atom stereocenters. The predicted octanol–water partition coefficient (Wildman–Crippen LogP) is 1.16. The fourth-order valence-electron chi connectivity index (χ4n) is 1.17. The number of hydrogen-bond donors (Lipinski definition) is 0. The zero-order chi connectivity index (χ0) is 9.10. The number of carbonyl (C=O) groups excluding carboxylic acids is 1. The minimum Gasteiger partial charge on any atom is -0.338 e. The van der Waals surface area contributed by atoms with Gasteiger partial charge in [0.05, 0.1) is 0 Å². The summed E-state index contributed by atoms with van der Waals surface area (Å²) in [6.45, 7) is 0.453. The van der Waals surface area contributed by atoms with Crippen LogP contribution in [0.2, 0.25) is 0 Å². The SMILES string of the molecule is O=C1[N]COCN1c1ccccc1. The summed E-state index contributed by atoms with van der Waals surface area (Å²) < 4.78 is 5.05. The van der Waals surface area contributed by atoms with Gasteiger partial charge >= 0.3 is 6.03 Å². The van der Waals surface area contributed by atoms with Gasteiger partial charge in [0, 0.05) is 5.69 Å². The van der Waals surface area contributed by atoms with E-state index in [2.05, 4.69) is 5.32 Å². The molecule has 1 aliphatic heterocycles. The average molecular weight is 177 g/mol. The third-order valence-corrected chi connectivity index (χ3v) is 1.81. The zero-order valence-electron chi connectivity index (χ0n) is 7.01. The van der Waals surface area contributed by atoms with Gasteiger partial charge in [-0.15, -0.1) is 0 Å². The van der Waals surface area contributed by atoms with Crippen LogP contribution in [0.25, 0.3) is 0 Å². The molecule has 1 aromatic carbocycles. The summed E-state index contributed by atoms with van der Waals surface area (Å²) in [5.74, 6) is 0. The van der Waals surface area contributed by atoms with Crippen LogP contribution in [0.3, 0.4) is 0 Å². The lowest BCUT2D eigenvalue weighted by Gasteiger charge is -2.25. The molecule has 67 valence electrons. The number of ether oxygens (including phenoxy) is 1. The molecule has 4 heteroatoms. The van der Waals surface area contributed by atoms with Gasteiger partial charge in [-0.3, -0.25) is 4.90 Å². The van der Waals surface area contributed by atoms with Crippen molar-refractivity contribution >= 4 is 11.7 Å². The maximum atomic E-state index is 11.3. The fourth-order valence-corrected chi connectivity index (χ4v) is 1.17. The van der Waals surface area contributed by atoms with Crippen molar-refractivity contribution < 1.29 is 9.53 Å². The Labute approximate surface area is 76.1 Å². The first kappa shape index (κ1) is 8.07. The van der Waals surface area contributed by atoms with Gasteiger partial charge < -0.3 is 4.74 Å². The Morgan fingerprint density at radius 1 is 1.31 bits per heavy atom. The van der Waals surface area contributed by atoms with Crippen LogP contribution < -0.4 is 10.2 Å². The van der Waals surface area contributed by atoms with E-state index in [0.29, 0.717) is 0 Å². The first-order valence-electron chi connectivity index (χ1n) is 4.00. The van der Waals surface area contributed by atoms with E-state index in [4.69, 9.17) is 4.74 Å². The first-order valence-corrected chi connectivity index (χ1v) is 4.00. The lowest BCUT2D eigenvalue weighted by molar-refractivity contribution is 0.0987. The topological polar surface area (TPSA) is 43.6 Å². The van der Waals surface area contributed by atoms with Gasteiger partial charge in [-0.05, 0) is 12.1 Å². The number of urea groups is 1. The van der Waals surface area contributed by atoms with Gasteiger partial charge in [0.25, 0.3) is 0 Å². The van der Waals surface area contributed by atoms with Crippen molar-refractivity contribution in [3.63, 3.8) is 0 Å². The van der Waals surface area contributed by atoms with Crippen molar-refractivity contribution in [2.24, 2.45) is 0 Å². The van der Waals surface area contributed by atoms with Crippen LogP contribution in [-0.2, 0) is 4.74 Å². The van der Waals surface area contributed by atoms with Crippen LogP contribution in [0.1, 0.15) is 0 Å². The van der Waals surface area contributed by atoms with Crippen molar-refractivity contribution in [3.8, 4) is 0 Å². The Bertz CT molecular complexity index is 300. The summed E-state index contributed by atoms with van der Waals surface area (Å²) in [7, 11) is 0. The lowest BCUT2D eigenvalue weighted by atomic mass is 10.3. The second-order valence-electron chi connectivity index (χ2n) is 2.67. The van der Waals surface area contributed by atoms with Gasteiger partial charge in [-0.25, -0.2) is 10.1 Å². The molecule has 1 saturated heterocycles. The highest BCUT2D eigenvalue weighted by molar-refractivity contribution is 5.91. The zero-order valence-corrected chi connectivity index (χ0v) is 7.01. The molecule has 0 atom stereocenters. The normalized spacial score (nSPS) is 16.9. The van der Waals surface area contributed by atoms with E-state index in [9.17, 15) is 4.79 Å². The highest BCUT2D eigenvalue weighted by Gasteiger charge is 2.20. The van der Waals surface area contributed by atoms with E-state index in [-0.39, 0.29) is 19.5 Å². The molecule has 2 rings (SSSR count). The van der Waals surface area contributed by atoms with E-state index < -0.39 is 0 Å². The Morgan fingerprint density at radius 3 is 2.77 bits per heavy atom. The van der Waals surface area contributed by atoms with Crippen molar-refractivity contribution in [1.82, 2.24) is 5.32 Å². The number of benzene rings is 1. The fraction of sp³-hybridized carbons (Fsp3) is 0.222. The van der Waals surface area contributed by atoms with Crippen molar-refractivity contribution in [2.75, 3.05) is 18.4 Å². The summed E-state index contributed by atoms with van der Waals surface area (Å²) in [4.78, 5) is 12.8. The molecular formula is C9H9N2O2. The molecule has 1 fully saturated rings. The predicted molar refractivity (Wildman–Crippen MR) is 47.3 cm³/mol. The summed E-state index contributed by atoms with van der Waals surface area (Å²) in [6, 6.07) is 9.10. The van der Waals surface area contributed by atoms with Crippen LogP contribution >= 0.6 is 0 Å². The van der Waals surface area contributed by atoms with Gasteiger partial charge in [0.1, 0.15) is 13.5 Å². The second kappa shape index (κ2) is 3.45. The minimum absolute atomic E-state index is 0.169. The van der Waals surface area contributed by atoms with Crippen molar-refractivity contribution in [2.45, 2.75) is 0 Å². The maximum absolute atomic E-state index is 11.3. The Hall–Kier alpha value is -1.55. The molecule has 0 bridgehead atoms. The van der Waals surface area contributed by atoms with Gasteiger partial charge in [0.2, 0.25) is 0 Å². The molecule has 0 N–H and O–H groups in total. The van der Waals surface area contributed by atoms with Crippen LogP contribution in [0.5, 0.6) is 0 Å². The second-order valence-corrected chi connectivity index (χ2v) is 2.67. The number of anilines is 1. The summed E-state index contributed by atoms with van der Waals surface area (Å²) in [5, 5.41) is 3.65. The third-order valence-electron chi connectivity index (χ3n) is 1.81. The largest absolute Gasteiger partial charge is 0.347 e. The number of para-hydroxylation sites is 1. The molecule has 0 spiro atoms. The number of carbonyl (C=O) groups is 1. The summed E-state index contributed by atoms with van der Waals surface area (Å²) >= 11 is 0. The lowest BCUT2D eigenvalue weighted by Crippen LogP contribution is -2.44. The molecule has 0 aromatic heterocycles. The smallest absolute Gasteiger partial charge is 0.338 e. The number of hydrogen-bond acceptors (Lipinski definition) is 2. The highest BCUT2D eigenvalue weighted by Crippen LogP contribution is 2.14. The average Bonchev–Trinajstić information content (AvgIpc) is 2.20. The third kappa shape index (κ3) is 1.62. The molecule has 1 heterocycles. The van der Waals surface area contributed by atoms with E-state index >= 15 is 0 Å².